The Labute approximate surface area is 217 Å². The fraction of sp³-hybridized carbons (Fsp3) is 0.600. The first-order valence-corrected chi connectivity index (χ1v) is 13.6. The molecule has 4 unspecified atom stereocenters. The number of carbonyl (C=O) groups excluding carboxylic acids is 3. The molecule has 11 heteroatoms. The molecule has 0 aliphatic rings. The van der Waals surface area contributed by atoms with Crippen molar-refractivity contribution in [3.8, 4) is 0 Å². The van der Waals surface area contributed by atoms with Gasteiger partial charge in [0.2, 0.25) is 17.7 Å². The number of benzene rings is 1. The maximum absolute atomic E-state index is 13.3. The van der Waals surface area contributed by atoms with Crippen molar-refractivity contribution in [3.05, 3.63) is 35.9 Å². The number of hydrogen-bond acceptors (Lipinski definition) is 7. The van der Waals surface area contributed by atoms with E-state index in [1.54, 1.807) is 25.6 Å². The summed E-state index contributed by atoms with van der Waals surface area (Å²) in [4.78, 5) is 50.6. The van der Waals surface area contributed by atoms with Crippen LogP contribution in [0.25, 0.3) is 0 Å². The van der Waals surface area contributed by atoms with Crippen molar-refractivity contribution < 1.29 is 24.3 Å². The van der Waals surface area contributed by atoms with Gasteiger partial charge in [0, 0.05) is 6.42 Å². The number of aliphatic carboxylic acids is 1. The number of rotatable bonds is 17. The predicted molar refractivity (Wildman–Crippen MR) is 142 cm³/mol. The van der Waals surface area contributed by atoms with Gasteiger partial charge in [-0.2, -0.15) is 11.8 Å². The van der Waals surface area contributed by atoms with E-state index in [9.17, 15) is 24.3 Å². The molecule has 1 aromatic rings. The lowest BCUT2D eigenvalue weighted by Gasteiger charge is -2.26. The summed E-state index contributed by atoms with van der Waals surface area (Å²) in [6.45, 7) is 3.82. The number of hydrogen-bond donors (Lipinski definition) is 6. The lowest BCUT2D eigenvalue weighted by molar-refractivity contribution is -0.143. The molecular weight excluding hydrogens is 482 g/mol. The highest BCUT2D eigenvalue weighted by Crippen LogP contribution is 2.09. The van der Waals surface area contributed by atoms with Gasteiger partial charge < -0.3 is 32.5 Å². The number of carboxylic acids is 1. The van der Waals surface area contributed by atoms with Crippen molar-refractivity contribution in [2.24, 2.45) is 17.4 Å². The zero-order valence-corrected chi connectivity index (χ0v) is 22.2. The molecule has 1 rings (SSSR count). The molecule has 36 heavy (non-hydrogen) atoms. The molecule has 0 aliphatic carbocycles. The highest BCUT2D eigenvalue weighted by atomic mass is 32.2. The van der Waals surface area contributed by atoms with E-state index < -0.39 is 47.9 Å². The molecular formula is C25H41N5O5S. The van der Waals surface area contributed by atoms with E-state index in [2.05, 4.69) is 16.0 Å². The topological polar surface area (TPSA) is 177 Å². The predicted octanol–water partition coefficient (Wildman–Crippen LogP) is 0.634. The average Bonchev–Trinajstić information content (AvgIpc) is 2.84. The molecule has 0 radical (unpaired) electrons. The standard InChI is InChI=1S/C25H41N5O5S/c1-16(2)21(25(34)35)30-24(33)20(15-17-9-5-4-6-10-17)29-23(32)19(11-7-8-13-26)28-22(31)18(27)12-14-36-3/h4-6,9-10,16,18-21H,7-8,11-15,26-27H2,1-3H3,(H,28,31)(H,29,32)(H,30,33)(H,34,35). The molecule has 0 heterocycles. The van der Waals surface area contributed by atoms with Gasteiger partial charge in [0.05, 0.1) is 6.04 Å². The Morgan fingerprint density at radius 2 is 1.53 bits per heavy atom. The van der Waals surface area contributed by atoms with Crippen LogP contribution in [0.4, 0.5) is 0 Å². The molecule has 0 saturated carbocycles. The molecule has 202 valence electrons. The summed E-state index contributed by atoms with van der Waals surface area (Å²) >= 11 is 1.57. The van der Waals surface area contributed by atoms with Crippen LogP contribution in [0, 0.1) is 5.92 Å². The smallest absolute Gasteiger partial charge is 0.326 e. The van der Waals surface area contributed by atoms with Crippen molar-refractivity contribution >= 4 is 35.5 Å². The summed E-state index contributed by atoms with van der Waals surface area (Å²) in [5.41, 5.74) is 12.3. The van der Waals surface area contributed by atoms with Gasteiger partial charge in [-0.3, -0.25) is 14.4 Å². The van der Waals surface area contributed by atoms with Gasteiger partial charge in [-0.05, 0) is 55.7 Å². The quantitative estimate of drug-likeness (QED) is 0.161. The monoisotopic (exact) mass is 523 g/mol. The first kappa shape index (κ1) is 31.4. The van der Waals surface area contributed by atoms with Crippen molar-refractivity contribution in [3.63, 3.8) is 0 Å². The van der Waals surface area contributed by atoms with E-state index in [4.69, 9.17) is 11.5 Å². The second kappa shape index (κ2) is 16.9. The normalized spacial score (nSPS) is 14.4. The van der Waals surface area contributed by atoms with Crippen LogP contribution in [0.1, 0.15) is 45.1 Å². The van der Waals surface area contributed by atoms with Crippen molar-refractivity contribution in [2.45, 2.75) is 70.1 Å². The number of unbranched alkanes of at least 4 members (excludes halogenated alkanes) is 1. The van der Waals surface area contributed by atoms with Gasteiger partial charge in [0.1, 0.15) is 18.1 Å². The van der Waals surface area contributed by atoms with Crippen LogP contribution in [-0.2, 0) is 25.6 Å². The van der Waals surface area contributed by atoms with Crippen molar-refractivity contribution in [1.29, 1.82) is 0 Å². The van der Waals surface area contributed by atoms with Crippen LogP contribution in [0.2, 0.25) is 0 Å². The first-order valence-electron chi connectivity index (χ1n) is 12.2. The molecule has 4 atom stereocenters. The minimum Gasteiger partial charge on any atom is -0.480 e. The zero-order valence-electron chi connectivity index (χ0n) is 21.4. The van der Waals surface area contributed by atoms with Crippen molar-refractivity contribution in [1.82, 2.24) is 16.0 Å². The summed E-state index contributed by atoms with van der Waals surface area (Å²) in [5, 5.41) is 17.5. The molecule has 8 N–H and O–H groups in total. The van der Waals surface area contributed by atoms with Gasteiger partial charge in [-0.1, -0.05) is 44.2 Å². The van der Waals surface area contributed by atoms with Gasteiger partial charge in [-0.15, -0.1) is 0 Å². The zero-order chi connectivity index (χ0) is 27.1. The highest BCUT2D eigenvalue weighted by Gasteiger charge is 2.31. The second-order valence-electron chi connectivity index (χ2n) is 9.05. The molecule has 0 aliphatic heterocycles. The minimum absolute atomic E-state index is 0.152. The van der Waals surface area contributed by atoms with E-state index in [-0.39, 0.29) is 12.3 Å². The Bertz CT molecular complexity index is 839. The maximum Gasteiger partial charge on any atom is 0.326 e. The van der Waals surface area contributed by atoms with E-state index in [0.29, 0.717) is 38.0 Å². The third-order valence-electron chi connectivity index (χ3n) is 5.70. The molecule has 3 amide bonds. The summed E-state index contributed by atoms with van der Waals surface area (Å²) in [5.74, 6) is -2.40. The summed E-state index contributed by atoms with van der Waals surface area (Å²) in [6, 6.07) is 5.27. The van der Waals surface area contributed by atoms with E-state index in [1.165, 1.54) is 0 Å². The fourth-order valence-electron chi connectivity index (χ4n) is 3.52. The third kappa shape index (κ3) is 11.4. The highest BCUT2D eigenvalue weighted by molar-refractivity contribution is 7.98. The third-order valence-corrected chi connectivity index (χ3v) is 6.34. The lowest BCUT2D eigenvalue weighted by atomic mass is 10.0. The molecule has 0 bridgehead atoms. The van der Waals surface area contributed by atoms with Crippen LogP contribution in [0.5, 0.6) is 0 Å². The number of thioether (sulfide) groups is 1. The Hall–Kier alpha value is -2.63. The van der Waals surface area contributed by atoms with Crippen LogP contribution < -0.4 is 27.4 Å². The molecule has 10 nitrogen and oxygen atoms in total. The van der Waals surface area contributed by atoms with Crippen LogP contribution in [0.3, 0.4) is 0 Å². The first-order chi connectivity index (χ1) is 17.1. The fourth-order valence-corrected chi connectivity index (χ4v) is 4.00. The number of amides is 3. The summed E-state index contributed by atoms with van der Waals surface area (Å²) in [6.07, 6.45) is 4.13. The number of nitrogens with one attached hydrogen (secondary N) is 3. The van der Waals surface area contributed by atoms with Gasteiger partial charge in [-0.25, -0.2) is 4.79 Å². The van der Waals surface area contributed by atoms with Crippen LogP contribution >= 0.6 is 11.8 Å². The van der Waals surface area contributed by atoms with Gasteiger partial charge in [0.25, 0.3) is 0 Å². The molecule has 0 saturated heterocycles. The number of carboxylic acid groups (broad SMARTS) is 1. The maximum atomic E-state index is 13.3. The van der Waals surface area contributed by atoms with Gasteiger partial charge in [0.15, 0.2) is 0 Å². The lowest BCUT2D eigenvalue weighted by Crippen LogP contribution is -2.58. The summed E-state index contributed by atoms with van der Waals surface area (Å²) in [7, 11) is 0. The minimum atomic E-state index is -1.16. The van der Waals surface area contributed by atoms with Gasteiger partial charge >= 0.3 is 5.97 Å². The SMILES string of the molecule is CSCCC(N)C(=O)NC(CCCCN)C(=O)NC(Cc1ccccc1)C(=O)NC(C(=O)O)C(C)C. The molecule has 0 spiro atoms. The molecule has 0 aromatic heterocycles. The average molecular weight is 524 g/mol. The van der Waals surface area contributed by atoms with E-state index in [0.717, 1.165) is 5.56 Å². The molecule has 1 aromatic carbocycles. The van der Waals surface area contributed by atoms with Crippen LogP contribution in [-0.4, -0.2) is 71.5 Å². The second-order valence-corrected chi connectivity index (χ2v) is 10.0. The van der Waals surface area contributed by atoms with Crippen LogP contribution in [0.15, 0.2) is 30.3 Å². The Morgan fingerprint density at radius 1 is 0.917 bits per heavy atom. The Morgan fingerprint density at radius 3 is 2.08 bits per heavy atom. The Balaban J connectivity index is 3.08. The largest absolute Gasteiger partial charge is 0.480 e. The Kier molecular flexibility index (Phi) is 14.8. The van der Waals surface area contributed by atoms with E-state index >= 15 is 0 Å². The number of nitrogens with two attached hydrogens (primary N) is 2. The van der Waals surface area contributed by atoms with Crippen molar-refractivity contribution in [2.75, 3.05) is 18.6 Å². The number of carbonyl (C=O) groups is 4. The van der Waals surface area contributed by atoms with E-state index in [1.807, 2.05) is 36.6 Å². The summed E-state index contributed by atoms with van der Waals surface area (Å²) < 4.78 is 0. The molecule has 0 fully saturated rings.